The molecule has 4 aromatic rings. The molecular formula is C26H23NO6. The van der Waals surface area contributed by atoms with Gasteiger partial charge >= 0.3 is 0 Å². The van der Waals surface area contributed by atoms with Crippen LogP contribution in [0.25, 0.3) is 11.0 Å². The molecule has 1 aliphatic rings. The van der Waals surface area contributed by atoms with Crippen molar-refractivity contribution in [3.63, 3.8) is 0 Å². The normalized spacial score (nSPS) is 15.2. The first-order chi connectivity index (χ1) is 16.0. The molecule has 0 saturated carbocycles. The van der Waals surface area contributed by atoms with E-state index in [1.54, 1.807) is 54.7 Å². The van der Waals surface area contributed by atoms with Gasteiger partial charge in [0.1, 0.15) is 11.3 Å². The van der Waals surface area contributed by atoms with Crippen LogP contribution in [0.15, 0.2) is 68.4 Å². The Bertz CT molecular complexity index is 1400. The molecule has 0 bridgehead atoms. The van der Waals surface area contributed by atoms with Gasteiger partial charge in [-0.15, -0.1) is 0 Å². The van der Waals surface area contributed by atoms with Crippen LogP contribution >= 0.6 is 0 Å². The maximum atomic E-state index is 13.7. The first-order valence-corrected chi connectivity index (χ1v) is 10.7. The van der Waals surface area contributed by atoms with Gasteiger partial charge in [0.05, 0.1) is 43.5 Å². The Morgan fingerprint density at radius 1 is 1.06 bits per heavy atom. The number of furan rings is 1. The minimum Gasteiger partial charge on any atom is -0.493 e. The van der Waals surface area contributed by atoms with Crippen LogP contribution in [0.3, 0.4) is 0 Å². The van der Waals surface area contributed by atoms with E-state index in [-0.39, 0.29) is 23.6 Å². The van der Waals surface area contributed by atoms with Crippen LogP contribution < -0.4 is 14.9 Å². The van der Waals surface area contributed by atoms with E-state index >= 15 is 0 Å². The molecule has 2 aromatic carbocycles. The van der Waals surface area contributed by atoms with Gasteiger partial charge in [-0.05, 0) is 55.8 Å². The van der Waals surface area contributed by atoms with E-state index in [1.165, 1.54) is 0 Å². The number of carbonyl (C=O) groups is 1. The van der Waals surface area contributed by atoms with Gasteiger partial charge in [0.25, 0.3) is 5.91 Å². The van der Waals surface area contributed by atoms with Crippen LogP contribution in [-0.2, 0) is 6.54 Å². The predicted molar refractivity (Wildman–Crippen MR) is 122 cm³/mol. The Hall–Kier alpha value is -4.00. The third-order valence-corrected chi connectivity index (χ3v) is 5.83. The van der Waals surface area contributed by atoms with Gasteiger partial charge < -0.3 is 23.2 Å². The van der Waals surface area contributed by atoms with Crippen molar-refractivity contribution in [1.29, 1.82) is 0 Å². The highest BCUT2D eigenvalue weighted by Gasteiger charge is 2.43. The van der Waals surface area contributed by atoms with Crippen LogP contribution in [0.1, 0.15) is 46.0 Å². The minimum absolute atomic E-state index is 0.0563. The largest absolute Gasteiger partial charge is 0.493 e. The average molecular weight is 445 g/mol. The summed E-state index contributed by atoms with van der Waals surface area (Å²) in [6.07, 6.45) is 1.55. The summed E-state index contributed by atoms with van der Waals surface area (Å²) < 4.78 is 22.7. The summed E-state index contributed by atoms with van der Waals surface area (Å²) in [7, 11) is 1.56. The number of methoxy groups -OCH3 is 1. The van der Waals surface area contributed by atoms with Crippen molar-refractivity contribution in [3.05, 3.63) is 93.2 Å². The topological polar surface area (TPSA) is 82.1 Å². The summed E-state index contributed by atoms with van der Waals surface area (Å²) in [5.41, 5.74) is 2.14. The van der Waals surface area contributed by atoms with Crippen molar-refractivity contribution in [2.75, 3.05) is 13.7 Å². The molecule has 7 heteroatoms. The van der Waals surface area contributed by atoms with Crippen LogP contribution in [0.5, 0.6) is 11.5 Å². The number of aryl methyl sites for hydroxylation is 1. The van der Waals surface area contributed by atoms with E-state index in [2.05, 4.69) is 0 Å². The number of hydrogen-bond acceptors (Lipinski definition) is 6. The number of rotatable bonds is 6. The van der Waals surface area contributed by atoms with Crippen molar-refractivity contribution in [2.45, 2.75) is 26.4 Å². The number of fused-ring (bicyclic) bond motifs is 2. The maximum absolute atomic E-state index is 13.7. The van der Waals surface area contributed by atoms with E-state index in [0.717, 1.165) is 5.56 Å². The highest BCUT2D eigenvalue weighted by atomic mass is 16.5. The lowest BCUT2D eigenvalue weighted by Gasteiger charge is -2.25. The number of hydrogen-bond donors (Lipinski definition) is 0. The van der Waals surface area contributed by atoms with Crippen molar-refractivity contribution in [3.8, 4) is 11.5 Å². The van der Waals surface area contributed by atoms with Crippen molar-refractivity contribution >= 4 is 16.9 Å². The zero-order valence-electron chi connectivity index (χ0n) is 18.6. The van der Waals surface area contributed by atoms with Gasteiger partial charge in [-0.1, -0.05) is 17.7 Å². The Labute approximate surface area is 190 Å². The second-order valence-electron chi connectivity index (χ2n) is 7.93. The molecule has 168 valence electrons. The van der Waals surface area contributed by atoms with Gasteiger partial charge in [0.2, 0.25) is 5.76 Å². The Kier molecular flexibility index (Phi) is 5.17. The summed E-state index contributed by atoms with van der Waals surface area (Å²) in [5.74, 6) is 1.41. The fraction of sp³-hybridized carbons (Fsp3) is 0.231. The lowest BCUT2D eigenvalue weighted by molar-refractivity contribution is 0.0701. The molecule has 0 N–H and O–H groups in total. The minimum atomic E-state index is -0.664. The standard InChI is InChI=1S/C26H23NO6/c1-4-31-20-10-8-16(13-21(20)30-3)23-22-24(28)18-12-15(2)7-9-19(18)33-25(22)26(29)27(23)14-17-6-5-11-32-17/h5-13,23H,4,14H2,1-3H3. The molecule has 33 heavy (non-hydrogen) atoms. The Morgan fingerprint density at radius 3 is 2.64 bits per heavy atom. The fourth-order valence-corrected chi connectivity index (χ4v) is 4.34. The SMILES string of the molecule is CCOc1ccc(C2c3c(oc4ccc(C)cc4c3=O)C(=O)N2Cc2ccco2)cc1OC. The Balaban J connectivity index is 1.73. The molecule has 0 aliphatic carbocycles. The van der Waals surface area contributed by atoms with Crippen LogP contribution in [0.4, 0.5) is 0 Å². The number of carbonyl (C=O) groups excluding carboxylic acids is 1. The number of amides is 1. The summed E-state index contributed by atoms with van der Waals surface area (Å²) in [4.78, 5) is 28.7. The highest BCUT2D eigenvalue weighted by molar-refractivity contribution is 5.99. The number of benzene rings is 2. The van der Waals surface area contributed by atoms with Gasteiger partial charge in [0, 0.05) is 0 Å². The molecule has 0 radical (unpaired) electrons. The van der Waals surface area contributed by atoms with E-state index in [9.17, 15) is 9.59 Å². The monoisotopic (exact) mass is 445 g/mol. The van der Waals surface area contributed by atoms with Gasteiger partial charge in [0.15, 0.2) is 16.9 Å². The molecule has 3 heterocycles. The van der Waals surface area contributed by atoms with Gasteiger partial charge in [-0.25, -0.2) is 0 Å². The summed E-state index contributed by atoms with van der Waals surface area (Å²) in [6.45, 7) is 4.48. The third-order valence-electron chi connectivity index (χ3n) is 5.83. The zero-order valence-corrected chi connectivity index (χ0v) is 18.6. The molecule has 1 aliphatic heterocycles. The Morgan fingerprint density at radius 2 is 1.91 bits per heavy atom. The van der Waals surface area contributed by atoms with E-state index < -0.39 is 6.04 Å². The second kappa shape index (κ2) is 8.16. The molecule has 7 nitrogen and oxygen atoms in total. The first kappa shape index (κ1) is 20.9. The fourth-order valence-electron chi connectivity index (χ4n) is 4.34. The van der Waals surface area contributed by atoms with E-state index in [1.807, 2.05) is 26.0 Å². The van der Waals surface area contributed by atoms with Crippen molar-refractivity contribution in [1.82, 2.24) is 4.90 Å². The summed E-state index contributed by atoms with van der Waals surface area (Å²) in [6, 6.07) is 13.7. The van der Waals surface area contributed by atoms with Crippen LogP contribution in [0.2, 0.25) is 0 Å². The molecular weight excluding hydrogens is 422 g/mol. The molecule has 2 aromatic heterocycles. The molecule has 1 amide bonds. The second-order valence-corrected chi connectivity index (χ2v) is 7.93. The molecule has 1 unspecified atom stereocenters. The predicted octanol–water partition coefficient (Wildman–Crippen LogP) is 4.85. The van der Waals surface area contributed by atoms with E-state index in [4.69, 9.17) is 18.3 Å². The maximum Gasteiger partial charge on any atom is 0.291 e. The zero-order chi connectivity index (χ0) is 23.1. The van der Waals surface area contributed by atoms with Crippen LogP contribution in [0, 0.1) is 6.92 Å². The van der Waals surface area contributed by atoms with Crippen molar-refractivity contribution < 1.29 is 23.1 Å². The smallest absolute Gasteiger partial charge is 0.291 e. The quantitative estimate of drug-likeness (QED) is 0.422. The summed E-state index contributed by atoms with van der Waals surface area (Å²) >= 11 is 0. The van der Waals surface area contributed by atoms with E-state index in [0.29, 0.717) is 46.0 Å². The highest BCUT2D eigenvalue weighted by Crippen LogP contribution is 2.41. The molecule has 0 spiro atoms. The first-order valence-electron chi connectivity index (χ1n) is 10.7. The lowest BCUT2D eigenvalue weighted by atomic mass is 9.97. The average Bonchev–Trinajstić information content (AvgIpc) is 3.42. The molecule has 0 saturated heterocycles. The molecule has 1 atom stereocenters. The third kappa shape index (κ3) is 3.46. The van der Waals surface area contributed by atoms with Gasteiger partial charge in [-0.2, -0.15) is 0 Å². The number of nitrogens with zero attached hydrogens (tertiary/aromatic N) is 1. The van der Waals surface area contributed by atoms with Crippen LogP contribution in [-0.4, -0.2) is 24.5 Å². The lowest BCUT2D eigenvalue weighted by Crippen LogP contribution is -2.29. The van der Waals surface area contributed by atoms with Crippen molar-refractivity contribution in [2.24, 2.45) is 0 Å². The summed E-state index contributed by atoms with van der Waals surface area (Å²) in [5, 5.41) is 0.448. The van der Waals surface area contributed by atoms with Gasteiger partial charge in [-0.3, -0.25) is 9.59 Å². The molecule has 0 fully saturated rings. The number of ether oxygens (including phenoxy) is 2. The molecule has 5 rings (SSSR count).